The molecule has 0 saturated carbocycles. The van der Waals surface area contributed by atoms with Crippen LogP contribution < -0.4 is 0 Å². The van der Waals surface area contributed by atoms with Crippen LogP contribution in [0.2, 0.25) is 0 Å². The van der Waals surface area contributed by atoms with Crippen LogP contribution in [0.1, 0.15) is 44.0 Å². The van der Waals surface area contributed by atoms with E-state index in [4.69, 9.17) is 14.0 Å². The molecule has 0 bridgehead atoms. The van der Waals surface area contributed by atoms with Crippen molar-refractivity contribution in [3.05, 3.63) is 11.7 Å². The Morgan fingerprint density at radius 2 is 2.35 bits per heavy atom. The molecule has 2 rings (SSSR count). The van der Waals surface area contributed by atoms with Gasteiger partial charge < -0.3 is 14.0 Å². The number of nitrogens with zero attached hydrogens (tertiary/aromatic N) is 2. The molecule has 1 aromatic rings. The third kappa shape index (κ3) is 2.70. The summed E-state index contributed by atoms with van der Waals surface area (Å²) < 4.78 is 15.8. The molecule has 17 heavy (non-hydrogen) atoms. The summed E-state index contributed by atoms with van der Waals surface area (Å²) in [5.74, 6) is 0.531. The second kappa shape index (κ2) is 5.37. The van der Waals surface area contributed by atoms with E-state index >= 15 is 0 Å². The number of hydrogen-bond donors (Lipinski definition) is 0. The third-order valence-corrected chi connectivity index (χ3v) is 2.76. The first-order valence-electron chi connectivity index (χ1n) is 5.78. The van der Waals surface area contributed by atoms with E-state index in [1.807, 2.05) is 6.92 Å². The minimum atomic E-state index is -0.356. The second-order valence-electron chi connectivity index (χ2n) is 3.97. The van der Waals surface area contributed by atoms with Gasteiger partial charge in [-0.1, -0.05) is 12.1 Å². The number of Topliss-reactive ketones (excluding diaryl/α,β-unsaturated/α-hetero) is 1. The summed E-state index contributed by atoms with van der Waals surface area (Å²) in [5, 5.41) is 3.83. The average Bonchev–Trinajstić information content (AvgIpc) is 2.87. The predicted octanol–water partition coefficient (Wildman–Crippen LogP) is 1.24. The molecule has 1 saturated heterocycles. The van der Waals surface area contributed by atoms with Crippen LogP contribution in [0, 0.1) is 0 Å². The van der Waals surface area contributed by atoms with Crippen LogP contribution in [-0.4, -0.2) is 35.7 Å². The highest BCUT2D eigenvalue weighted by Crippen LogP contribution is 2.21. The summed E-state index contributed by atoms with van der Waals surface area (Å²) in [7, 11) is 0. The fraction of sp³-hybridized carbons (Fsp3) is 0.727. The minimum absolute atomic E-state index is 0.0843. The SMILES string of the molecule is CCC(=O)C(C)c1nc(C2COCCO2)no1. The van der Waals surface area contributed by atoms with Gasteiger partial charge in [-0.05, 0) is 6.92 Å². The normalized spacial score (nSPS) is 22.4. The highest BCUT2D eigenvalue weighted by atomic mass is 16.6. The highest BCUT2D eigenvalue weighted by Gasteiger charge is 2.25. The van der Waals surface area contributed by atoms with E-state index in [9.17, 15) is 4.79 Å². The zero-order valence-corrected chi connectivity index (χ0v) is 10.0. The third-order valence-electron chi connectivity index (χ3n) is 2.76. The Bertz CT molecular complexity index is 385. The summed E-state index contributed by atoms with van der Waals surface area (Å²) >= 11 is 0. The van der Waals surface area contributed by atoms with Gasteiger partial charge in [0.1, 0.15) is 11.9 Å². The number of carbonyl (C=O) groups excluding carboxylic acids is 1. The number of ether oxygens (including phenoxy) is 2. The Labute approximate surface area is 99.3 Å². The van der Waals surface area contributed by atoms with Crippen LogP contribution in [0.4, 0.5) is 0 Å². The van der Waals surface area contributed by atoms with Gasteiger partial charge in [0.2, 0.25) is 11.7 Å². The van der Waals surface area contributed by atoms with E-state index in [1.165, 1.54) is 0 Å². The monoisotopic (exact) mass is 240 g/mol. The van der Waals surface area contributed by atoms with Crippen molar-refractivity contribution in [3.63, 3.8) is 0 Å². The van der Waals surface area contributed by atoms with Gasteiger partial charge in [0.25, 0.3) is 0 Å². The standard InChI is InChI=1S/C11H16N2O4/c1-3-8(14)7(2)11-12-10(13-17-11)9-6-15-4-5-16-9/h7,9H,3-6H2,1-2H3. The van der Waals surface area contributed by atoms with Gasteiger partial charge in [-0.15, -0.1) is 0 Å². The van der Waals surface area contributed by atoms with E-state index in [0.717, 1.165) is 0 Å². The fourth-order valence-corrected chi connectivity index (χ4v) is 1.63. The van der Waals surface area contributed by atoms with Crippen molar-refractivity contribution in [2.45, 2.75) is 32.3 Å². The number of aromatic nitrogens is 2. The quantitative estimate of drug-likeness (QED) is 0.788. The molecule has 0 N–H and O–H groups in total. The summed E-state index contributed by atoms with van der Waals surface area (Å²) in [5.41, 5.74) is 0. The van der Waals surface area contributed by atoms with Gasteiger partial charge in [0, 0.05) is 6.42 Å². The smallest absolute Gasteiger partial charge is 0.237 e. The molecule has 6 nitrogen and oxygen atoms in total. The number of carbonyl (C=O) groups is 1. The van der Waals surface area contributed by atoms with Crippen LogP contribution in [0.3, 0.4) is 0 Å². The largest absolute Gasteiger partial charge is 0.376 e. The Morgan fingerprint density at radius 3 is 3.00 bits per heavy atom. The van der Waals surface area contributed by atoms with Crippen LogP contribution in [0.15, 0.2) is 4.52 Å². The molecule has 2 atom stereocenters. The molecule has 0 radical (unpaired) electrons. The molecule has 2 unspecified atom stereocenters. The van der Waals surface area contributed by atoms with E-state index in [0.29, 0.717) is 38.0 Å². The van der Waals surface area contributed by atoms with E-state index < -0.39 is 0 Å². The first-order valence-corrected chi connectivity index (χ1v) is 5.78. The number of ketones is 1. The van der Waals surface area contributed by atoms with Crippen molar-refractivity contribution in [3.8, 4) is 0 Å². The molecule has 1 aliphatic rings. The van der Waals surface area contributed by atoms with Gasteiger partial charge in [-0.25, -0.2) is 0 Å². The maximum Gasteiger partial charge on any atom is 0.237 e. The lowest BCUT2D eigenvalue weighted by Crippen LogP contribution is -2.22. The number of hydrogen-bond acceptors (Lipinski definition) is 6. The van der Waals surface area contributed by atoms with Crippen molar-refractivity contribution in [2.24, 2.45) is 0 Å². The van der Waals surface area contributed by atoms with E-state index in [2.05, 4.69) is 10.1 Å². The summed E-state index contributed by atoms with van der Waals surface area (Å²) in [4.78, 5) is 15.7. The van der Waals surface area contributed by atoms with Gasteiger partial charge >= 0.3 is 0 Å². The van der Waals surface area contributed by atoms with Crippen LogP contribution in [0.25, 0.3) is 0 Å². The zero-order chi connectivity index (χ0) is 12.3. The second-order valence-corrected chi connectivity index (χ2v) is 3.97. The van der Waals surface area contributed by atoms with Gasteiger partial charge in [-0.2, -0.15) is 4.98 Å². The van der Waals surface area contributed by atoms with Crippen molar-refractivity contribution in [2.75, 3.05) is 19.8 Å². The average molecular weight is 240 g/mol. The predicted molar refractivity (Wildman–Crippen MR) is 57.5 cm³/mol. The Kier molecular flexibility index (Phi) is 3.86. The lowest BCUT2D eigenvalue weighted by Gasteiger charge is -2.19. The van der Waals surface area contributed by atoms with Crippen LogP contribution >= 0.6 is 0 Å². The molecule has 6 heteroatoms. The molecule has 1 aliphatic heterocycles. The first-order chi connectivity index (χ1) is 8.22. The van der Waals surface area contributed by atoms with Crippen molar-refractivity contribution in [1.29, 1.82) is 0 Å². The molecular weight excluding hydrogens is 224 g/mol. The summed E-state index contributed by atoms with van der Waals surface area (Å²) in [6, 6.07) is 0. The molecular formula is C11H16N2O4. The molecule has 2 heterocycles. The van der Waals surface area contributed by atoms with Crippen molar-refractivity contribution >= 4 is 5.78 Å². The fourth-order valence-electron chi connectivity index (χ4n) is 1.63. The highest BCUT2D eigenvalue weighted by molar-refractivity contribution is 5.83. The van der Waals surface area contributed by atoms with Gasteiger partial charge in [0.15, 0.2) is 0 Å². The Balaban J connectivity index is 2.06. The maximum atomic E-state index is 11.5. The molecule has 1 fully saturated rings. The zero-order valence-electron chi connectivity index (χ0n) is 10.0. The van der Waals surface area contributed by atoms with Crippen molar-refractivity contribution < 1.29 is 18.8 Å². The molecule has 1 aromatic heterocycles. The molecule has 0 aliphatic carbocycles. The van der Waals surface area contributed by atoms with E-state index in [1.54, 1.807) is 6.92 Å². The molecule has 94 valence electrons. The van der Waals surface area contributed by atoms with E-state index in [-0.39, 0.29) is 17.8 Å². The summed E-state index contributed by atoms with van der Waals surface area (Å²) in [6.07, 6.45) is 0.173. The lowest BCUT2D eigenvalue weighted by molar-refractivity contribution is -0.120. The Hall–Kier alpha value is -1.27. The van der Waals surface area contributed by atoms with Crippen molar-refractivity contribution in [1.82, 2.24) is 10.1 Å². The topological polar surface area (TPSA) is 74.5 Å². The first kappa shape index (κ1) is 12.2. The summed E-state index contributed by atoms with van der Waals surface area (Å²) in [6.45, 7) is 5.12. The Morgan fingerprint density at radius 1 is 1.53 bits per heavy atom. The molecule has 0 amide bonds. The number of rotatable bonds is 4. The van der Waals surface area contributed by atoms with Crippen LogP contribution in [-0.2, 0) is 14.3 Å². The minimum Gasteiger partial charge on any atom is -0.376 e. The van der Waals surface area contributed by atoms with Crippen LogP contribution in [0.5, 0.6) is 0 Å². The van der Waals surface area contributed by atoms with Gasteiger partial charge in [0.05, 0.1) is 25.7 Å². The lowest BCUT2D eigenvalue weighted by atomic mass is 10.1. The molecule has 0 spiro atoms. The molecule has 0 aromatic carbocycles. The maximum absolute atomic E-state index is 11.5. The van der Waals surface area contributed by atoms with Gasteiger partial charge in [-0.3, -0.25) is 4.79 Å².